The standard InChI is InChI=1S/C12H20O5S/c1-2-17-10(13)7-18-8-12(16)5-3-9(4-6-12)11(14)15/h9,16H,2-8H2,1H3,(H,14,15). The molecule has 0 unspecified atom stereocenters. The Bertz CT molecular complexity index is 297. The minimum absolute atomic E-state index is 0.235. The molecule has 104 valence electrons. The predicted octanol–water partition coefficient (Wildman–Crippen LogP) is 1.29. The zero-order chi connectivity index (χ0) is 13.6. The fourth-order valence-corrected chi connectivity index (χ4v) is 3.09. The molecule has 0 aromatic carbocycles. The van der Waals surface area contributed by atoms with E-state index in [1.807, 2.05) is 0 Å². The van der Waals surface area contributed by atoms with E-state index >= 15 is 0 Å². The molecule has 0 aliphatic heterocycles. The van der Waals surface area contributed by atoms with Gasteiger partial charge < -0.3 is 14.9 Å². The van der Waals surface area contributed by atoms with Crippen molar-refractivity contribution in [2.75, 3.05) is 18.1 Å². The molecule has 1 fully saturated rings. The van der Waals surface area contributed by atoms with Crippen molar-refractivity contribution in [2.24, 2.45) is 5.92 Å². The van der Waals surface area contributed by atoms with Crippen molar-refractivity contribution < 1.29 is 24.5 Å². The van der Waals surface area contributed by atoms with Crippen molar-refractivity contribution >= 4 is 23.7 Å². The number of rotatable bonds is 6. The van der Waals surface area contributed by atoms with Crippen molar-refractivity contribution in [2.45, 2.75) is 38.2 Å². The minimum Gasteiger partial charge on any atom is -0.481 e. The van der Waals surface area contributed by atoms with Gasteiger partial charge in [-0.1, -0.05) is 0 Å². The van der Waals surface area contributed by atoms with Gasteiger partial charge in [0.05, 0.1) is 23.9 Å². The van der Waals surface area contributed by atoms with Crippen LogP contribution >= 0.6 is 11.8 Å². The van der Waals surface area contributed by atoms with Crippen LogP contribution in [0.3, 0.4) is 0 Å². The van der Waals surface area contributed by atoms with Gasteiger partial charge in [-0.05, 0) is 32.6 Å². The molecule has 0 aromatic rings. The molecule has 0 spiro atoms. The van der Waals surface area contributed by atoms with Crippen LogP contribution in [-0.2, 0) is 14.3 Å². The van der Waals surface area contributed by atoms with E-state index in [0.717, 1.165) is 0 Å². The molecule has 0 heterocycles. The summed E-state index contributed by atoms with van der Waals surface area (Å²) in [6.45, 7) is 2.12. The third kappa shape index (κ3) is 4.86. The lowest BCUT2D eigenvalue weighted by molar-refractivity contribution is -0.144. The summed E-state index contributed by atoms with van der Waals surface area (Å²) in [4.78, 5) is 21.9. The van der Waals surface area contributed by atoms with E-state index in [9.17, 15) is 14.7 Å². The number of carboxylic acids is 1. The second-order valence-electron chi connectivity index (χ2n) is 4.63. The van der Waals surface area contributed by atoms with Gasteiger partial charge in [0, 0.05) is 5.75 Å². The number of ether oxygens (including phenoxy) is 1. The Morgan fingerprint density at radius 2 is 2.00 bits per heavy atom. The first kappa shape index (κ1) is 15.3. The van der Waals surface area contributed by atoms with Crippen molar-refractivity contribution in [3.05, 3.63) is 0 Å². The lowest BCUT2D eigenvalue weighted by Crippen LogP contribution is -2.38. The highest BCUT2D eigenvalue weighted by Gasteiger charge is 2.35. The Labute approximate surface area is 111 Å². The quantitative estimate of drug-likeness (QED) is 0.711. The summed E-state index contributed by atoms with van der Waals surface area (Å²) in [6.07, 6.45) is 1.98. The maximum atomic E-state index is 11.1. The zero-order valence-electron chi connectivity index (χ0n) is 10.6. The number of hydrogen-bond acceptors (Lipinski definition) is 5. The van der Waals surface area contributed by atoms with Crippen LogP contribution in [0.4, 0.5) is 0 Å². The number of thioether (sulfide) groups is 1. The summed E-state index contributed by atoms with van der Waals surface area (Å²) in [5.74, 6) is -0.696. The first-order chi connectivity index (χ1) is 8.47. The first-order valence-electron chi connectivity index (χ1n) is 6.15. The van der Waals surface area contributed by atoms with Gasteiger partial charge in [0.15, 0.2) is 0 Å². The van der Waals surface area contributed by atoms with E-state index in [0.29, 0.717) is 38.0 Å². The molecule has 6 heteroatoms. The molecule has 2 N–H and O–H groups in total. The fourth-order valence-electron chi connectivity index (χ4n) is 2.07. The third-order valence-electron chi connectivity index (χ3n) is 3.16. The van der Waals surface area contributed by atoms with E-state index in [-0.39, 0.29) is 17.6 Å². The van der Waals surface area contributed by atoms with E-state index in [1.54, 1.807) is 6.92 Å². The molecule has 18 heavy (non-hydrogen) atoms. The lowest BCUT2D eigenvalue weighted by atomic mass is 9.80. The Morgan fingerprint density at radius 3 is 2.50 bits per heavy atom. The molecule has 1 saturated carbocycles. The third-order valence-corrected chi connectivity index (χ3v) is 4.34. The number of esters is 1. The number of aliphatic hydroxyl groups is 1. The average Bonchev–Trinajstić information content (AvgIpc) is 2.29. The highest BCUT2D eigenvalue weighted by Crippen LogP contribution is 2.34. The molecule has 0 atom stereocenters. The van der Waals surface area contributed by atoms with Crippen molar-refractivity contribution in [3.63, 3.8) is 0 Å². The number of aliphatic carboxylic acids is 1. The predicted molar refractivity (Wildman–Crippen MR) is 68.5 cm³/mol. The largest absolute Gasteiger partial charge is 0.481 e. The van der Waals surface area contributed by atoms with Crippen LogP contribution < -0.4 is 0 Å². The Balaban J connectivity index is 2.26. The van der Waals surface area contributed by atoms with Gasteiger partial charge in [-0.15, -0.1) is 11.8 Å². The topological polar surface area (TPSA) is 83.8 Å². The maximum absolute atomic E-state index is 11.1. The van der Waals surface area contributed by atoms with Crippen LogP contribution in [0.1, 0.15) is 32.6 Å². The summed E-state index contributed by atoms with van der Waals surface area (Å²) in [7, 11) is 0. The fraction of sp³-hybridized carbons (Fsp3) is 0.833. The van der Waals surface area contributed by atoms with Gasteiger partial charge >= 0.3 is 11.9 Å². The van der Waals surface area contributed by atoms with Crippen LogP contribution in [0, 0.1) is 5.92 Å². The number of carbonyl (C=O) groups is 2. The smallest absolute Gasteiger partial charge is 0.315 e. The Kier molecular flexibility index (Phi) is 5.95. The summed E-state index contributed by atoms with van der Waals surface area (Å²) in [6, 6.07) is 0. The normalized spacial score (nSPS) is 27.8. The van der Waals surface area contributed by atoms with Crippen LogP contribution in [-0.4, -0.2) is 45.9 Å². The zero-order valence-corrected chi connectivity index (χ0v) is 11.4. The van der Waals surface area contributed by atoms with Crippen molar-refractivity contribution in [3.8, 4) is 0 Å². The van der Waals surface area contributed by atoms with Crippen LogP contribution in [0.15, 0.2) is 0 Å². The van der Waals surface area contributed by atoms with Gasteiger partial charge in [-0.3, -0.25) is 9.59 Å². The highest BCUT2D eigenvalue weighted by molar-refractivity contribution is 8.00. The molecule has 1 aliphatic carbocycles. The second-order valence-corrected chi connectivity index (χ2v) is 5.62. The molecular formula is C12H20O5S. The summed E-state index contributed by atoms with van der Waals surface area (Å²) in [5.41, 5.74) is -0.830. The molecule has 1 aliphatic rings. The Morgan fingerprint density at radius 1 is 1.39 bits per heavy atom. The van der Waals surface area contributed by atoms with Crippen LogP contribution in [0.25, 0.3) is 0 Å². The van der Waals surface area contributed by atoms with Gasteiger partial charge in [-0.2, -0.15) is 0 Å². The highest BCUT2D eigenvalue weighted by atomic mass is 32.2. The molecule has 0 amide bonds. The lowest BCUT2D eigenvalue weighted by Gasteiger charge is -2.34. The minimum atomic E-state index is -0.830. The summed E-state index contributed by atoms with van der Waals surface area (Å²) >= 11 is 1.34. The number of carboxylic acid groups (broad SMARTS) is 1. The second kappa shape index (κ2) is 6.99. The van der Waals surface area contributed by atoms with E-state index in [2.05, 4.69) is 0 Å². The monoisotopic (exact) mass is 276 g/mol. The van der Waals surface area contributed by atoms with E-state index in [4.69, 9.17) is 9.84 Å². The summed E-state index contributed by atoms with van der Waals surface area (Å²) in [5, 5.41) is 19.1. The number of hydrogen-bond donors (Lipinski definition) is 2. The van der Waals surface area contributed by atoms with Crippen LogP contribution in [0.2, 0.25) is 0 Å². The first-order valence-corrected chi connectivity index (χ1v) is 7.31. The molecule has 0 radical (unpaired) electrons. The summed E-state index contributed by atoms with van der Waals surface area (Å²) < 4.78 is 4.79. The van der Waals surface area contributed by atoms with Gasteiger partial charge in [-0.25, -0.2) is 0 Å². The van der Waals surface area contributed by atoms with E-state index < -0.39 is 11.6 Å². The number of carbonyl (C=O) groups excluding carboxylic acids is 1. The molecule has 1 rings (SSSR count). The van der Waals surface area contributed by atoms with E-state index in [1.165, 1.54) is 11.8 Å². The molecule has 0 bridgehead atoms. The Hall–Kier alpha value is -0.750. The molecule has 5 nitrogen and oxygen atoms in total. The van der Waals surface area contributed by atoms with Crippen molar-refractivity contribution in [1.29, 1.82) is 0 Å². The van der Waals surface area contributed by atoms with Crippen LogP contribution in [0.5, 0.6) is 0 Å². The molecule has 0 saturated heterocycles. The molecule has 0 aromatic heterocycles. The van der Waals surface area contributed by atoms with Crippen molar-refractivity contribution in [1.82, 2.24) is 0 Å². The molecular weight excluding hydrogens is 256 g/mol. The van der Waals surface area contributed by atoms with Gasteiger partial charge in [0.2, 0.25) is 0 Å². The maximum Gasteiger partial charge on any atom is 0.315 e. The van der Waals surface area contributed by atoms with Gasteiger partial charge in [0.25, 0.3) is 0 Å². The van der Waals surface area contributed by atoms with Gasteiger partial charge in [0.1, 0.15) is 0 Å². The SMILES string of the molecule is CCOC(=O)CSCC1(O)CCC(C(=O)O)CC1. The average molecular weight is 276 g/mol.